The molecule has 29 heavy (non-hydrogen) atoms. The van der Waals surface area contributed by atoms with Gasteiger partial charge in [0.1, 0.15) is 0 Å². The molecule has 0 spiro atoms. The van der Waals surface area contributed by atoms with Crippen LogP contribution in [0.1, 0.15) is 35.9 Å². The van der Waals surface area contributed by atoms with Crippen molar-refractivity contribution in [2.45, 2.75) is 26.2 Å². The Bertz CT molecular complexity index is 971. The maximum Gasteiger partial charge on any atom is 0.289 e. The van der Waals surface area contributed by atoms with Crippen LogP contribution in [0.25, 0.3) is 11.3 Å². The minimum Gasteiger partial charge on any atom is -0.459 e. The molecule has 0 bridgehead atoms. The maximum atomic E-state index is 12.6. The Kier molecular flexibility index (Phi) is 5.76. The van der Waals surface area contributed by atoms with Gasteiger partial charge in [-0.3, -0.25) is 9.59 Å². The topological polar surface area (TPSA) is 75.4 Å². The molecule has 0 aliphatic carbocycles. The molecule has 2 aromatic heterocycles. The van der Waals surface area contributed by atoms with Crippen LogP contribution >= 0.6 is 11.3 Å². The molecule has 1 aliphatic rings. The van der Waals surface area contributed by atoms with Crippen molar-refractivity contribution in [2.75, 3.05) is 18.4 Å². The molecular weight excluding hydrogens is 386 g/mol. The van der Waals surface area contributed by atoms with Crippen LogP contribution in [-0.2, 0) is 11.2 Å². The Hall–Kier alpha value is -2.93. The average molecular weight is 410 g/mol. The molecule has 7 heteroatoms. The molecule has 4 rings (SSSR count). The standard InChI is InChI=1S/C22H23N3O3S/c1-2-15-5-7-16(8-6-15)18-14-29-22(23-18)24-20(26)17-9-11-25(12-10-17)21(27)19-4-3-13-28-19/h3-8,13-14,17H,2,9-12H2,1H3,(H,23,24,26). The number of nitrogens with one attached hydrogen (secondary N) is 1. The summed E-state index contributed by atoms with van der Waals surface area (Å²) in [7, 11) is 0. The van der Waals surface area contributed by atoms with Crippen molar-refractivity contribution in [3.8, 4) is 11.3 Å². The van der Waals surface area contributed by atoms with Crippen LogP contribution in [-0.4, -0.2) is 34.8 Å². The summed E-state index contributed by atoms with van der Waals surface area (Å²) in [6.07, 6.45) is 3.77. The Labute approximate surface area is 173 Å². The number of amides is 2. The monoisotopic (exact) mass is 409 g/mol. The lowest BCUT2D eigenvalue weighted by molar-refractivity contribution is -0.121. The molecule has 3 heterocycles. The van der Waals surface area contributed by atoms with E-state index in [1.165, 1.54) is 23.2 Å². The van der Waals surface area contributed by atoms with Gasteiger partial charge in [-0.25, -0.2) is 4.98 Å². The first-order valence-corrected chi connectivity index (χ1v) is 10.7. The van der Waals surface area contributed by atoms with Crippen molar-refractivity contribution in [2.24, 2.45) is 5.92 Å². The number of thiazole rings is 1. The largest absolute Gasteiger partial charge is 0.459 e. The number of furan rings is 1. The van der Waals surface area contributed by atoms with Crippen LogP contribution in [0.2, 0.25) is 0 Å². The van der Waals surface area contributed by atoms with Crippen LogP contribution in [0.5, 0.6) is 0 Å². The number of nitrogens with zero attached hydrogens (tertiary/aromatic N) is 2. The number of aryl methyl sites for hydroxylation is 1. The van der Waals surface area contributed by atoms with Crippen LogP contribution in [0.4, 0.5) is 5.13 Å². The van der Waals surface area contributed by atoms with Gasteiger partial charge < -0.3 is 14.6 Å². The molecule has 6 nitrogen and oxygen atoms in total. The summed E-state index contributed by atoms with van der Waals surface area (Å²) in [6, 6.07) is 11.7. The molecule has 1 fully saturated rings. The van der Waals surface area contributed by atoms with E-state index in [1.54, 1.807) is 17.0 Å². The van der Waals surface area contributed by atoms with Crippen molar-refractivity contribution in [3.05, 3.63) is 59.4 Å². The average Bonchev–Trinajstić information content (AvgIpc) is 3.46. The summed E-state index contributed by atoms with van der Waals surface area (Å²) in [5.41, 5.74) is 3.20. The maximum absolute atomic E-state index is 12.6. The van der Waals surface area contributed by atoms with Gasteiger partial charge in [0.05, 0.1) is 12.0 Å². The summed E-state index contributed by atoms with van der Waals surface area (Å²) in [4.78, 5) is 31.3. The van der Waals surface area contributed by atoms with Gasteiger partial charge in [0.2, 0.25) is 5.91 Å². The predicted molar refractivity (Wildman–Crippen MR) is 113 cm³/mol. The molecule has 1 N–H and O–H groups in total. The van der Waals surface area contributed by atoms with Gasteiger partial charge in [-0.2, -0.15) is 0 Å². The smallest absolute Gasteiger partial charge is 0.289 e. The minimum atomic E-state index is -0.119. The fraction of sp³-hybridized carbons (Fsp3) is 0.318. The number of hydrogen-bond donors (Lipinski definition) is 1. The highest BCUT2D eigenvalue weighted by Crippen LogP contribution is 2.27. The molecule has 0 saturated carbocycles. The van der Waals surface area contributed by atoms with Gasteiger partial charge in [-0.1, -0.05) is 31.2 Å². The van der Waals surface area contributed by atoms with Crippen molar-refractivity contribution < 1.29 is 14.0 Å². The number of aromatic nitrogens is 1. The molecule has 0 unspecified atom stereocenters. The Morgan fingerprint density at radius 1 is 1.21 bits per heavy atom. The van der Waals surface area contributed by atoms with E-state index in [0.29, 0.717) is 36.8 Å². The number of carbonyl (C=O) groups excluding carboxylic acids is 2. The molecule has 0 radical (unpaired) electrons. The Morgan fingerprint density at radius 2 is 1.97 bits per heavy atom. The lowest BCUT2D eigenvalue weighted by atomic mass is 9.96. The van der Waals surface area contributed by atoms with Crippen LogP contribution in [0.3, 0.4) is 0 Å². The lowest BCUT2D eigenvalue weighted by Gasteiger charge is -2.30. The van der Waals surface area contributed by atoms with Crippen molar-refractivity contribution >= 4 is 28.3 Å². The van der Waals surface area contributed by atoms with Gasteiger partial charge in [-0.05, 0) is 37.0 Å². The molecule has 150 valence electrons. The zero-order chi connectivity index (χ0) is 20.2. The molecule has 1 aromatic carbocycles. The van der Waals surface area contributed by atoms with E-state index < -0.39 is 0 Å². The fourth-order valence-corrected chi connectivity index (χ4v) is 4.21. The van der Waals surface area contributed by atoms with Gasteiger partial charge in [0.25, 0.3) is 5.91 Å². The highest BCUT2D eigenvalue weighted by atomic mass is 32.1. The normalized spacial score (nSPS) is 14.7. The minimum absolute atomic E-state index is 0.0303. The van der Waals surface area contributed by atoms with E-state index in [2.05, 4.69) is 41.5 Å². The molecular formula is C22H23N3O3S. The van der Waals surface area contributed by atoms with E-state index >= 15 is 0 Å². The summed E-state index contributed by atoms with van der Waals surface area (Å²) >= 11 is 1.43. The number of anilines is 1. The summed E-state index contributed by atoms with van der Waals surface area (Å²) in [5.74, 6) is 0.0758. The highest BCUT2D eigenvalue weighted by Gasteiger charge is 2.29. The second kappa shape index (κ2) is 8.61. The molecule has 3 aromatic rings. The van der Waals surface area contributed by atoms with Gasteiger partial charge in [-0.15, -0.1) is 11.3 Å². The SMILES string of the molecule is CCc1ccc(-c2csc(NC(=O)C3CCN(C(=O)c4ccco4)CC3)n2)cc1. The molecule has 2 amide bonds. The third-order valence-electron chi connectivity index (χ3n) is 5.28. The number of hydrogen-bond acceptors (Lipinski definition) is 5. The van der Waals surface area contributed by atoms with E-state index in [1.807, 2.05) is 5.38 Å². The van der Waals surface area contributed by atoms with Crippen LogP contribution in [0, 0.1) is 5.92 Å². The number of carbonyl (C=O) groups is 2. The molecule has 1 aliphatic heterocycles. The third kappa shape index (κ3) is 4.40. The van der Waals surface area contributed by atoms with E-state index in [-0.39, 0.29) is 17.7 Å². The zero-order valence-electron chi connectivity index (χ0n) is 16.3. The van der Waals surface area contributed by atoms with E-state index in [4.69, 9.17) is 4.42 Å². The highest BCUT2D eigenvalue weighted by molar-refractivity contribution is 7.14. The quantitative estimate of drug-likeness (QED) is 0.675. The fourth-order valence-electron chi connectivity index (χ4n) is 3.48. The zero-order valence-corrected chi connectivity index (χ0v) is 17.1. The summed E-state index contributed by atoms with van der Waals surface area (Å²) in [5, 5.41) is 5.51. The second-order valence-corrected chi connectivity index (χ2v) is 7.98. The van der Waals surface area contributed by atoms with E-state index in [0.717, 1.165) is 17.7 Å². The number of benzene rings is 1. The second-order valence-electron chi connectivity index (χ2n) is 7.12. The van der Waals surface area contributed by atoms with Gasteiger partial charge in [0, 0.05) is 30.0 Å². The molecule has 0 atom stereocenters. The summed E-state index contributed by atoms with van der Waals surface area (Å²) in [6.45, 7) is 3.22. The number of piperidine rings is 1. The summed E-state index contributed by atoms with van der Waals surface area (Å²) < 4.78 is 5.18. The van der Waals surface area contributed by atoms with Crippen molar-refractivity contribution in [3.63, 3.8) is 0 Å². The van der Waals surface area contributed by atoms with Crippen LogP contribution < -0.4 is 5.32 Å². The number of rotatable bonds is 5. The third-order valence-corrected chi connectivity index (χ3v) is 6.03. The van der Waals surface area contributed by atoms with Gasteiger partial charge in [0.15, 0.2) is 10.9 Å². The van der Waals surface area contributed by atoms with Crippen molar-refractivity contribution in [1.82, 2.24) is 9.88 Å². The Morgan fingerprint density at radius 3 is 2.62 bits per heavy atom. The lowest BCUT2D eigenvalue weighted by Crippen LogP contribution is -2.41. The van der Waals surface area contributed by atoms with E-state index in [9.17, 15) is 9.59 Å². The van der Waals surface area contributed by atoms with Crippen LogP contribution in [0.15, 0.2) is 52.5 Å². The first-order valence-electron chi connectivity index (χ1n) is 9.82. The Balaban J connectivity index is 1.32. The first kappa shape index (κ1) is 19.4. The van der Waals surface area contributed by atoms with Crippen molar-refractivity contribution in [1.29, 1.82) is 0 Å². The number of likely N-dealkylation sites (tertiary alicyclic amines) is 1. The molecule has 1 saturated heterocycles. The van der Waals surface area contributed by atoms with Gasteiger partial charge >= 0.3 is 0 Å². The first-order chi connectivity index (χ1) is 14.1. The predicted octanol–water partition coefficient (Wildman–Crippen LogP) is 4.46.